The molecule has 0 bridgehead atoms. The van der Waals surface area contributed by atoms with Gasteiger partial charge in [0.05, 0.1) is 0 Å². The molecule has 0 saturated carbocycles. The van der Waals surface area contributed by atoms with Crippen LogP contribution in [0.1, 0.15) is 35.2 Å². The van der Waals surface area contributed by atoms with Gasteiger partial charge >= 0.3 is 0 Å². The number of carbonyl (C=O) groups is 1. The first-order valence-corrected chi connectivity index (χ1v) is 7.45. The Morgan fingerprint density at radius 2 is 1.90 bits per heavy atom. The molecule has 3 N–H and O–H groups in total. The van der Waals surface area contributed by atoms with E-state index < -0.39 is 0 Å². The van der Waals surface area contributed by atoms with Crippen LogP contribution in [-0.2, 0) is 6.54 Å². The van der Waals surface area contributed by atoms with Crippen LogP contribution in [0.25, 0.3) is 0 Å². The Labute approximate surface area is 133 Å². The predicted octanol–water partition coefficient (Wildman–Crippen LogP) is 2.03. The third-order valence-corrected chi connectivity index (χ3v) is 4.13. The number of rotatable bonds is 5. The van der Waals surface area contributed by atoms with E-state index in [0.29, 0.717) is 12.1 Å². The van der Waals surface area contributed by atoms with E-state index in [4.69, 9.17) is 5.73 Å². The van der Waals surface area contributed by atoms with Crippen molar-refractivity contribution in [1.82, 2.24) is 10.2 Å². The van der Waals surface area contributed by atoms with Crippen LogP contribution in [0, 0.1) is 5.92 Å². The molecule has 2 rings (SSSR count). The summed E-state index contributed by atoms with van der Waals surface area (Å²) in [5, 5.41) is 3.01. The Kier molecular flexibility index (Phi) is 7.72. The van der Waals surface area contributed by atoms with Gasteiger partial charge in [-0.1, -0.05) is 12.1 Å². The summed E-state index contributed by atoms with van der Waals surface area (Å²) in [5.41, 5.74) is 7.31. The van der Waals surface area contributed by atoms with Crippen LogP contribution >= 0.6 is 12.4 Å². The van der Waals surface area contributed by atoms with Crippen LogP contribution in [0.4, 0.5) is 0 Å². The highest BCUT2D eigenvalue weighted by atomic mass is 35.5. The van der Waals surface area contributed by atoms with E-state index >= 15 is 0 Å². The highest BCUT2D eigenvalue weighted by Crippen LogP contribution is 2.18. The fraction of sp³-hybridized carbons (Fsp3) is 0.562. The van der Waals surface area contributed by atoms with Gasteiger partial charge in [-0.3, -0.25) is 4.79 Å². The minimum absolute atomic E-state index is 0. The number of nitrogens with two attached hydrogens (primary N) is 1. The number of amides is 1. The zero-order valence-electron chi connectivity index (χ0n) is 12.7. The summed E-state index contributed by atoms with van der Waals surface area (Å²) in [4.78, 5) is 14.4. The van der Waals surface area contributed by atoms with Crippen molar-refractivity contribution in [3.05, 3.63) is 35.4 Å². The van der Waals surface area contributed by atoms with Crippen LogP contribution < -0.4 is 11.1 Å². The Hall–Kier alpha value is -1.10. The summed E-state index contributed by atoms with van der Waals surface area (Å²) in [6, 6.07) is 7.50. The standard InChI is InChI=1S/C16H25N3O.ClH/c1-19-10-7-13(8-11-19)6-9-18-16(20)15-4-2-14(12-17)3-5-15;/h2-5,13H,6-12,17H2,1H3,(H,18,20);1H. The van der Waals surface area contributed by atoms with Crippen molar-refractivity contribution in [2.45, 2.75) is 25.8 Å². The normalized spacial score (nSPS) is 16.3. The van der Waals surface area contributed by atoms with Gasteiger partial charge in [-0.15, -0.1) is 12.4 Å². The molecular weight excluding hydrogens is 286 g/mol. The van der Waals surface area contributed by atoms with Gasteiger partial charge in [0.1, 0.15) is 0 Å². The minimum Gasteiger partial charge on any atom is -0.352 e. The highest BCUT2D eigenvalue weighted by molar-refractivity contribution is 5.94. The molecule has 0 aliphatic carbocycles. The first-order valence-electron chi connectivity index (χ1n) is 7.45. The lowest BCUT2D eigenvalue weighted by molar-refractivity contribution is 0.0949. The number of hydrogen-bond acceptors (Lipinski definition) is 3. The fourth-order valence-corrected chi connectivity index (χ4v) is 2.63. The van der Waals surface area contributed by atoms with Crippen LogP contribution in [0.5, 0.6) is 0 Å². The van der Waals surface area contributed by atoms with Crippen molar-refractivity contribution >= 4 is 18.3 Å². The first-order chi connectivity index (χ1) is 9.69. The average molecular weight is 312 g/mol. The number of nitrogens with one attached hydrogen (secondary N) is 1. The third-order valence-electron chi connectivity index (χ3n) is 4.13. The molecule has 1 amide bonds. The number of likely N-dealkylation sites (tertiary alicyclic amines) is 1. The van der Waals surface area contributed by atoms with Crippen LogP contribution in [0.15, 0.2) is 24.3 Å². The predicted molar refractivity (Wildman–Crippen MR) is 88.8 cm³/mol. The minimum atomic E-state index is 0. The van der Waals surface area contributed by atoms with E-state index in [1.807, 2.05) is 24.3 Å². The van der Waals surface area contributed by atoms with E-state index in [-0.39, 0.29) is 18.3 Å². The molecule has 0 atom stereocenters. The van der Waals surface area contributed by atoms with Crippen molar-refractivity contribution in [3.63, 3.8) is 0 Å². The van der Waals surface area contributed by atoms with Crippen molar-refractivity contribution in [2.24, 2.45) is 11.7 Å². The van der Waals surface area contributed by atoms with E-state index in [1.54, 1.807) is 0 Å². The first kappa shape index (κ1) is 18.0. The summed E-state index contributed by atoms with van der Waals surface area (Å²) < 4.78 is 0. The van der Waals surface area contributed by atoms with Crippen molar-refractivity contribution in [3.8, 4) is 0 Å². The molecule has 21 heavy (non-hydrogen) atoms. The monoisotopic (exact) mass is 311 g/mol. The van der Waals surface area contributed by atoms with Crippen molar-refractivity contribution in [1.29, 1.82) is 0 Å². The zero-order valence-corrected chi connectivity index (χ0v) is 13.5. The molecule has 4 nitrogen and oxygen atoms in total. The number of hydrogen-bond donors (Lipinski definition) is 2. The maximum Gasteiger partial charge on any atom is 0.251 e. The van der Waals surface area contributed by atoms with Gasteiger partial charge in [0, 0.05) is 18.7 Å². The van der Waals surface area contributed by atoms with Gasteiger partial charge in [-0.2, -0.15) is 0 Å². The van der Waals surface area contributed by atoms with E-state index in [9.17, 15) is 4.79 Å². The molecule has 1 aromatic carbocycles. The average Bonchev–Trinajstić information content (AvgIpc) is 2.49. The summed E-state index contributed by atoms with van der Waals surface area (Å²) in [5.74, 6) is 0.771. The van der Waals surface area contributed by atoms with Crippen LogP contribution in [0.3, 0.4) is 0 Å². The lowest BCUT2D eigenvalue weighted by atomic mass is 9.94. The second kappa shape index (κ2) is 9.03. The van der Waals surface area contributed by atoms with E-state index in [2.05, 4.69) is 17.3 Å². The number of nitrogens with zero attached hydrogens (tertiary/aromatic N) is 1. The molecule has 0 radical (unpaired) electrons. The quantitative estimate of drug-likeness (QED) is 0.875. The van der Waals surface area contributed by atoms with Crippen molar-refractivity contribution in [2.75, 3.05) is 26.7 Å². The van der Waals surface area contributed by atoms with Gasteiger partial charge in [-0.25, -0.2) is 0 Å². The van der Waals surface area contributed by atoms with Gasteiger partial charge in [-0.05, 0) is 63.0 Å². The third kappa shape index (κ3) is 5.65. The van der Waals surface area contributed by atoms with E-state index in [1.165, 1.54) is 25.9 Å². The highest BCUT2D eigenvalue weighted by Gasteiger charge is 2.16. The Morgan fingerprint density at radius 3 is 2.48 bits per heavy atom. The molecule has 1 aromatic rings. The lowest BCUT2D eigenvalue weighted by Gasteiger charge is -2.28. The maximum atomic E-state index is 12.0. The second-order valence-electron chi connectivity index (χ2n) is 5.69. The molecule has 5 heteroatoms. The Morgan fingerprint density at radius 1 is 1.29 bits per heavy atom. The smallest absolute Gasteiger partial charge is 0.251 e. The zero-order chi connectivity index (χ0) is 14.4. The molecule has 1 fully saturated rings. The second-order valence-corrected chi connectivity index (χ2v) is 5.69. The number of benzene rings is 1. The molecule has 118 valence electrons. The topological polar surface area (TPSA) is 58.4 Å². The van der Waals surface area contributed by atoms with Gasteiger partial charge in [0.15, 0.2) is 0 Å². The molecule has 1 aliphatic rings. The van der Waals surface area contributed by atoms with Gasteiger partial charge in [0.25, 0.3) is 5.91 Å². The largest absolute Gasteiger partial charge is 0.352 e. The summed E-state index contributed by atoms with van der Waals surface area (Å²) >= 11 is 0. The van der Waals surface area contributed by atoms with Crippen LogP contribution in [-0.4, -0.2) is 37.5 Å². The summed E-state index contributed by atoms with van der Waals surface area (Å²) in [6.07, 6.45) is 3.58. The van der Waals surface area contributed by atoms with Gasteiger partial charge < -0.3 is 16.0 Å². The van der Waals surface area contributed by atoms with Crippen LogP contribution in [0.2, 0.25) is 0 Å². The number of piperidine rings is 1. The molecule has 0 unspecified atom stereocenters. The van der Waals surface area contributed by atoms with Crippen molar-refractivity contribution < 1.29 is 4.79 Å². The molecule has 0 spiro atoms. The lowest BCUT2D eigenvalue weighted by Crippen LogP contribution is -2.32. The van der Waals surface area contributed by atoms with E-state index in [0.717, 1.165) is 24.4 Å². The summed E-state index contributed by atoms with van der Waals surface area (Å²) in [7, 11) is 2.17. The number of carbonyl (C=O) groups excluding carboxylic acids is 1. The fourth-order valence-electron chi connectivity index (χ4n) is 2.63. The summed E-state index contributed by atoms with van der Waals surface area (Å²) in [6.45, 7) is 3.64. The Balaban J connectivity index is 0.00000220. The Bertz CT molecular complexity index is 428. The molecule has 1 aliphatic heterocycles. The van der Waals surface area contributed by atoms with Gasteiger partial charge in [0.2, 0.25) is 0 Å². The SMILES string of the molecule is CN1CCC(CCNC(=O)c2ccc(CN)cc2)CC1.Cl. The molecule has 1 heterocycles. The molecule has 1 saturated heterocycles. The molecular formula is C16H26ClN3O. The number of halogens is 1. The molecule has 0 aromatic heterocycles. The maximum absolute atomic E-state index is 12.0.